The first kappa shape index (κ1) is 18.5. The van der Waals surface area contributed by atoms with E-state index in [1.54, 1.807) is 30.3 Å². The summed E-state index contributed by atoms with van der Waals surface area (Å²) in [5, 5.41) is 3.00. The molecule has 2 amide bonds. The number of amides is 2. The van der Waals surface area contributed by atoms with Crippen LogP contribution in [0.4, 0.5) is 10.1 Å². The van der Waals surface area contributed by atoms with Crippen LogP contribution < -0.4 is 5.32 Å². The molecule has 3 heterocycles. The van der Waals surface area contributed by atoms with Gasteiger partial charge in [-0.3, -0.25) is 14.6 Å². The number of carbonyl (C=O) groups is 2. The molecule has 0 saturated carbocycles. The first-order chi connectivity index (χ1) is 14.5. The Hall–Kier alpha value is -3.54. The molecule has 6 heteroatoms. The minimum atomic E-state index is -0.885. The van der Waals surface area contributed by atoms with Crippen molar-refractivity contribution >= 4 is 17.5 Å². The lowest BCUT2D eigenvalue weighted by Gasteiger charge is -2.34. The van der Waals surface area contributed by atoms with Crippen LogP contribution in [0.25, 0.3) is 0 Å². The monoisotopic (exact) mass is 401 g/mol. The highest BCUT2D eigenvalue weighted by Crippen LogP contribution is 2.54. The van der Waals surface area contributed by atoms with Gasteiger partial charge in [0.1, 0.15) is 11.2 Å². The van der Waals surface area contributed by atoms with Crippen molar-refractivity contribution in [3.63, 3.8) is 0 Å². The summed E-state index contributed by atoms with van der Waals surface area (Å²) in [4.78, 5) is 32.8. The van der Waals surface area contributed by atoms with Crippen LogP contribution in [0.1, 0.15) is 39.5 Å². The second-order valence-corrected chi connectivity index (χ2v) is 7.87. The van der Waals surface area contributed by atoms with E-state index < -0.39 is 11.5 Å². The highest BCUT2D eigenvalue weighted by atomic mass is 19.1. The molecule has 5 nitrogen and oxygen atoms in total. The topological polar surface area (TPSA) is 62.3 Å². The zero-order valence-corrected chi connectivity index (χ0v) is 16.4. The summed E-state index contributed by atoms with van der Waals surface area (Å²) in [6.45, 7) is 2.05. The summed E-state index contributed by atoms with van der Waals surface area (Å²) in [6.07, 6.45) is 3.88. The molecular weight excluding hydrogens is 381 g/mol. The number of fused-ring (bicyclic) bond motifs is 2. The summed E-state index contributed by atoms with van der Waals surface area (Å²) in [5.74, 6) is -0.679. The largest absolute Gasteiger partial charge is 0.330 e. The number of benzene rings is 2. The Morgan fingerprint density at radius 2 is 2.03 bits per heavy atom. The average molecular weight is 401 g/mol. The zero-order chi connectivity index (χ0) is 20.9. The maximum atomic E-state index is 13.8. The van der Waals surface area contributed by atoms with Gasteiger partial charge in [0.2, 0.25) is 5.91 Å². The average Bonchev–Trinajstić information content (AvgIpc) is 3.30. The van der Waals surface area contributed by atoms with Gasteiger partial charge in [-0.25, -0.2) is 4.39 Å². The van der Waals surface area contributed by atoms with Crippen LogP contribution in [0, 0.1) is 12.7 Å². The molecule has 1 saturated heterocycles. The number of hydrogen-bond acceptors (Lipinski definition) is 3. The van der Waals surface area contributed by atoms with Crippen LogP contribution in [0.2, 0.25) is 0 Å². The second kappa shape index (κ2) is 6.76. The van der Waals surface area contributed by atoms with Gasteiger partial charge >= 0.3 is 0 Å². The van der Waals surface area contributed by atoms with Crippen molar-refractivity contribution in [3.8, 4) is 0 Å². The van der Waals surface area contributed by atoms with Crippen molar-refractivity contribution < 1.29 is 14.0 Å². The smallest absolute Gasteiger partial charge is 0.254 e. The van der Waals surface area contributed by atoms with Crippen LogP contribution in [0.5, 0.6) is 0 Å². The van der Waals surface area contributed by atoms with Crippen LogP contribution >= 0.6 is 0 Å². The molecule has 0 aliphatic carbocycles. The number of hydrogen-bond donors (Lipinski definition) is 1. The molecule has 1 N–H and O–H groups in total. The van der Waals surface area contributed by atoms with Crippen molar-refractivity contribution in [1.29, 1.82) is 0 Å². The molecule has 2 aliphatic rings. The Labute approximate surface area is 173 Å². The Morgan fingerprint density at radius 1 is 1.20 bits per heavy atom. The number of pyridine rings is 1. The van der Waals surface area contributed by atoms with E-state index in [0.29, 0.717) is 24.1 Å². The maximum absolute atomic E-state index is 13.8. The fraction of sp³-hybridized carbons (Fsp3) is 0.208. The molecule has 5 rings (SSSR count). The van der Waals surface area contributed by atoms with Crippen molar-refractivity contribution in [2.24, 2.45) is 0 Å². The molecule has 0 radical (unpaired) electrons. The SMILES string of the molecule is Cc1cc(C(=O)N2CCC3(C(=O)Nc4ccccc43)C2c2cccnc2)ccc1F. The number of aromatic nitrogens is 1. The van der Waals surface area contributed by atoms with Gasteiger partial charge in [0, 0.05) is 30.2 Å². The van der Waals surface area contributed by atoms with Gasteiger partial charge in [-0.05, 0) is 60.4 Å². The van der Waals surface area contributed by atoms with E-state index in [1.807, 2.05) is 36.4 Å². The second-order valence-electron chi connectivity index (χ2n) is 7.87. The lowest BCUT2D eigenvalue weighted by Crippen LogP contribution is -2.42. The molecule has 2 aliphatic heterocycles. The molecule has 2 aromatic carbocycles. The van der Waals surface area contributed by atoms with E-state index >= 15 is 0 Å². The number of aryl methyl sites for hydroxylation is 1. The number of nitrogens with one attached hydrogen (secondary N) is 1. The quantitative estimate of drug-likeness (QED) is 0.706. The molecule has 1 aromatic heterocycles. The summed E-state index contributed by atoms with van der Waals surface area (Å²) in [6, 6.07) is 15.2. The lowest BCUT2D eigenvalue weighted by molar-refractivity contribution is -0.121. The Bertz CT molecular complexity index is 1160. The molecule has 1 fully saturated rings. The Morgan fingerprint density at radius 3 is 2.80 bits per heavy atom. The lowest BCUT2D eigenvalue weighted by atomic mass is 9.73. The summed E-state index contributed by atoms with van der Waals surface area (Å²) < 4.78 is 13.8. The number of carbonyl (C=O) groups excluding carboxylic acids is 2. The molecule has 0 bridgehead atoms. The van der Waals surface area contributed by atoms with E-state index in [1.165, 1.54) is 12.1 Å². The Balaban J connectivity index is 1.66. The zero-order valence-electron chi connectivity index (χ0n) is 16.4. The van der Waals surface area contributed by atoms with Crippen LogP contribution in [0.15, 0.2) is 67.0 Å². The predicted molar refractivity (Wildman–Crippen MR) is 111 cm³/mol. The van der Waals surface area contributed by atoms with E-state index in [2.05, 4.69) is 10.3 Å². The molecule has 2 unspecified atom stereocenters. The van der Waals surface area contributed by atoms with E-state index in [0.717, 1.165) is 16.8 Å². The van der Waals surface area contributed by atoms with E-state index in [9.17, 15) is 14.0 Å². The van der Waals surface area contributed by atoms with E-state index in [4.69, 9.17) is 0 Å². The van der Waals surface area contributed by atoms with Gasteiger partial charge in [0.05, 0.1) is 6.04 Å². The van der Waals surface area contributed by atoms with Crippen molar-refractivity contribution in [3.05, 3.63) is 95.1 Å². The standard InChI is InChI=1S/C24H20FN3O2/c1-15-13-16(8-9-19(15)25)22(29)28-12-10-24(21(28)17-5-4-11-26-14-17)18-6-2-3-7-20(18)27-23(24)30/h2-9,11,13-14,21H,10,12H2,1H3,(H,27,30). The predicted octanol–water partition coefficient (Wildman–Crippen LogP) is 4.01. The van der Waals surface area contributed by atoms with Gasteiger partial charge in [-0.15, -0.1) is 0 Å². The van der Waals surface area contributed by atoms with E-state index in [-0.39, 0.29) is 17.6 Å². The number of halogens is 1. The fourth-order valence-corrected chi connectivity index (χ4v) is 4.85. The highest BCUT2D eigenvalue weighted by Gasteiger charge is 2.59. The third-order valence-corrected chi connectivity index (χ3v) is 6.25. The van der Waals surface area contributed by atoms with Gasteiger partial charge in [-0.1, -0.05) is 24.3 Å². The number of anilines is 1. The fourth-order valence-electron chi connectivity index (χ4n) is 4.85. The molecule has 30 heavy (non-hydrogen) atoms. The summed E-state index contributed by atoms with van der Waals surface area (Å²) in [7, 11) is 0. The maximum Gasteiger partial charge on any atom is 0.254 e. The summed E-state index contributed by atoms with van der Waals surface area (Å²) in [5.41, 5.74) is 2.42. The minimum Gasteiger partial charge on any atom is -0.330 e. The Kier molecular flexibility index (Phi) is 4.17. The van der Waals surface area contributed by atoms with Gasteiger partial charge in [-0.2, -0.15) is 0 Å². The molecule has 150 valence electrons. The first-order valence-corrected chi connectivity index (χ1v) is 9.90. The highest BCUT2D eigenvalue weighted by molar-refractivity contribution is 6.08. The first-order valence-electron chi connectivity index (χ1n) is 9.90. The van der Waals surface area contributed by atoms with Crippen molar-refractivity contribution in [2.75, 3.05) is 11.9 Å². The molecular formula is C24H20FN3O2. The van der Waals surface area contributed by atoms with Crippen molar-refractivity contribution in [2.45, 2.75) is 24.8 Å². The van der Waals surface area contributed by atoms with Crippen LogP contribution in [0.3, 0.4) is 0 Å². The van der Waals surface area contributed by atoms with Gasteiger partial charge in [0.25, 0.3) is 5.91 Å². The normalized spacial score (nSPS) is 22.3. The van der Waals surface area contributed by atoms with Crippen LogP contribution in [-0.2, 0) is 10.2 Å². The third-order valence-electron chi connectivity index (χ3n) is 6.25. The van der Waals surface area contributed by atoms with Gasteiger partial charge in [0.15, 0.2) is 0 Å². The van der Waals surface area contributed by atoms with Gasteiger partial charge < -0.3 is 10.2 Å². The number of para-hydroxylation sites is 1. The third kappa shape index (κ3) is 2.56. The van der Waals surface area contributed by atoms with Crippen LogP contribution in [-0.4, -0.2) is 28.2 Å². The van der Waals surface area contributed by atoms with Crippen molar-refractivity contribution in [1.82, 2.24) is 9.88 Å². The number of rotatable bonds is 2. The molecule has 2 atom stereocenters. The number of likely N-dealkylation sites (tertiary alicyclic amines) is 1. The molecule has 1 spiro atoms. The molecule has 3 aromatic rings. The number of nitrogens with zero attached hydrogens (tertiary/aromatic N) is 2. The minimum absolute atomic E-state index is 0.108. The summed E-state index contributed by atoms with van der Waals surface area (Å²) >= 11 is 0.